The summed E-state index contributed by atoms with van der Waals surface area (Å²) in [7, 11) is 3.32. The zero-order chi connectivity index (χ0) is 15.2. The molecule has 2 aromatic carbocycles. The summed E-state index contributed by atoms with van der Waals surface area (Å²) in [6.45, 7) is 0.522. The van der Waals surface area contributed by atoms with Gasteiger partial charge in [-0.05, 0) is 48.9 Å². The molecule has 2 N–H and O–H groups in total. The summed E-state index contributed by atoms with van der Waals surface area (Å²) in [5, 5.41) is 0.690. The average molecular weight is 306 g/mol. The van der Waals surface area contributed by atoms with Crippen LogP contribution in [0.3, 0.4) is 0 Å². The Hall–Kier alpha value is -1.71. The maximum absolute atomic E-state index is 6.11. The van der Waals surface area contributed by atoms with Crippen LogP contribution in [-0.2, 0) is 6.42 Å². The molecule has 0 aliphatic carbocycles. The highest BCUT2D eigenvalue weighted by Gasteiger charge is 2.16. The van der Waals surface area contributed by atoms with Crippen molar-refractivity contribution < 1.29 is 9.47 Å². The first-order chi connectivity index (χ1) is 10.2. The van der Waals surface area contributed by atoms with Gasteiger partial charge in [-0.25, -0.2) is 0 Å². The fraction of sp³-hybridized carbons (Fsp3) is 0.294. The quantitative estimate of drug-likeness (QED) is 0.886. The number of hydrogen-bond acceptors (Lipinski definition) is 3. The molecule has 2 aromatic rings. The van der Waals surface area contributed by atoms with Crippen LogP contribution in [0.1, 0.15) is 17.0 Å². The summed E-state index contributed by atoms with van der Waals surface area (Å²) in [5.41, 5.74) is 8.18. The summed E-state index contributed by atoms with van der Waals surface area (Å²) >= 11 is 6.11. The van der Waals surface area contributed by atoms with Crippen LogP contribution in [0.4, 0.5) is 0 Å². The molecule has 3 nitrogen and oxygen atoms in total. The van der Waals surface area contributed by atoms with Crippen LogP contribution in [-0.4, -0.2) is 20.8 Å². The maximum atomic E-state index is 6.11. The Labute approximate surface area is 130 Å². The zero-order valence-corrected chi connectivity index (χ0v) is 13.1. The van der Waals surface area contributed by atoms with Gasteiger partial charge < -0.3 is 15.2 Å². The molecule has 0 saturated heterocycles. The predicted octanol–water partition coefficient (Wildman–Crippen LogP) is 3.64. The molecular weight excluding hydrogens is 286 g/mol. The third-order valence-corrected chi connectivity index (χ3v) is 3.77. The number of rotatable bonds is 6. The lowest BCUT2D eigenvalue weighted by Gasteiger charge is -2.19. The highest BCUT2D eigenvalue weighted by molar-refractivity contribution is 6.30. The van der Waals surface area contributed by atoms with Gasteiger partial charge in [-0.2, -0.15) is 0 Å². The van der Waals surface area contributed by atoms with Crippen LogP contribution >= 0.6 is 11.6 Å². The standard InChI is InChI=1S/C17H20ClNO2/c1-20-15-5-3-4-12(9-15)8-13(11-19)16-10-14(18)6-7-17(16)21-2/h3-7,9-10,13H,8,11,19H2,1-2H3. The van der Waals surface area contributed by atoms with Crippen LogP contribution in [0.2, 0.25) is 5.02 Å². The van der Waals surface area contributed by atoms with Gasteiger partial charge in [0, 0.05) is 16.5 Å². The highest BCUT2D eigenvalue weighted by Crippen LogP contribution is 2.31. The minimum Gasteiger partial charge on any atom is -0.497 e. The number of methoxy groups -OCH3 is 2. The molecule has 0 aliphatic rings. The number of hydrogen-bond donors (Lipinski definition) is 1. The van der Waals surface area contributed by atoms with Crippen LogP contribution in [0.15, 0.2) is 42.5 Å². The molecule has 4 heteroatoms. The molecule has 0 fully saturated rings. The second-order valence-corrected chi connectivity index (χ2v) is 5.31. The van der Waals surface area contributed by atoms with E-state index >= 15 is 0 Å². The second-order valence-electron chi connectivity index (χ2n) is 4.87. The van der Waals surface area contributed by atoms with Gasteiger partial charge in [0.25, 0.3) is 0 Å². The number of halogens is 1. The monoisotopic (exact) mass is 305 g/mol. The fourth-order valence-electron chi connectivity index (χ4n) is 2.43. The third kappa shape index (κ3) is 3.90. The second kappa shape index (κ2) is 7.34. The molecule has 0 aliphatic heterocycles. The summed E-state index contributed by atoms with van der Waals surface area (Å²) < 4.78 is 10.7. The van der Waals surface area contributed by atoms with Gasteiger partial charge in [0.1, 0.15) is 11.5 Å². The maximum Gasteiger partial charge on any atom is 0.122 e. The van der Waals surface area contributed by atoms with Crippen molar-refractivity contribution in [2.45, 2.75) is 12.3 Å². The van der Waals surface area contributed by atoms with E-state index in [2.05, 4.69) is 6.07 Å². The van der Waals surface area contributed by atoms with E-state index in [1.54, 1.807) is 14.2 Å². The molecule has 0 radical (unpaired) electrons. The molecule has 2 rings (SSSR count). The Balaban J connectivity index is 2.29. The molecule has 0 aromatic heterocycles. The normalized spacial score (nSPS) is 12.0. The molecule has 0 saturated carbocycles. The van der Waals surface area contributed by atoms with Crippen molar-refractivity contribution in [2.75, 3.05) is 20.8 Å². The minimum absolute atomic E-state index is 0.144. The number of ether oxygens (including phenoxy) is 2. The van der Waals surface area contributed by atoms with Crippen LogP contribution in [0.5, 0.6) is 11.5 Å². The van der Waals surface area contributed by atoms with E-state index in [4.69, 9.17) is 26.8 Å². The summed E-state index contributed by atoms with van der Waals surface area (Å²) in [6, 6.07) is 13.6. The van der Waals surface area contributed by atoms with Crippen molar-refractivity contribution in [1.29, 1.82) is 0 Å². The third-order valence-electron chi connectivity index (χ3n) is 3.53. The molecule has 0 heterocycles. The Kier molecular flexibility index (Phi) is 5.48. The number of nitrogens with two attached hydrogens (primary N) is 1. The fourth-order valence-corrected chi connectivity index (χ4v) is 2.61. The Morgan fingerprint density at radius 2 is 1.90 bits per heavy atom. The largest absolute Gasteiger partial charge is 0.497 e. The van der Waals surface area contributed by atoms with Crippen LogP contribution < -0.4 is 15.2 Å². The van der Waals surface area contributed by atoms with Gasteiger partial charge in [0.15, 0.2) is 0 Å². The van der Waals surface area contributed by atoms with Crippen molar-refractivity contribution in [3.05, 3.63) is 58.6 Å². The van der Waals surface area contributed by atoms with Gasteiger partial charge in [0.2, 0.25) is 0 Å². The first kappa shape index (κ1) is 15.7. The average Bonchev–Trinajstić information content (AvgIpc) is 2.52. The summed E-state index contributed by atoms with van der Waals surface area (Å²) in [6.07, 6.45) is 0.810. The SMILES string of the molecule is COc1cccc(CC(CN)c2cc(Cl)ccc2OC)c1. The molecular formula is C17H20ClNO2. The highest BCUT2D eigenvalue weighted by atomic mass is 35.5. The van der Waals surface area contributed by atoms with E-state index in [-0.39, 0.29) is 5.92 Å². The summed E-state index contributed by atoms with van der Waals surface area (Å²) in [5.74, 6) is 1.81. The van der Waals surface area contributed by atoms with Gasteiger partial charge in [0.05, 0.1) is 14.2 Å². The lowest BCUT2D eigenvalue weighted by atomic mass is 9.91. The molecule has 21 heavy (non-hydrogen) atoms. The topological polar surface area (TPSA) is 44.5 Å². The van der Waals surface area contributed by atoms with Crippen molar-refractivity contribution in [3.8, 4) is 11.5 Å². The minimum atomic E-state index is 0.144. The van der Waals surface area contributed by atoms with E-state index < -0.39 is 0 Å². The smallest absolute Gasteiger partial charge is 0.122 e. The Morgan fingerprint density at radius 1 is 1.10 bits per heavy atom. The first-order valence-corrected chi connectivity index (χ1v) is 7.22. The molecule has 0 spiro atoms. The Bertz CT molecular complexity index is 601. The van der Waals surface area contributed by atoms with E-state index in [1.165, 1.54) is 5.56 Å². The van der Waals surface area contributed by atoms with Crippen molar-refractivity contribution >= 4 is 11.6 Å². The van der Waals surface area contributed by atoms with Crippen LogP contribution in [0.25, 0.3) is 0 Å². The van der Waals surface area contributed by atoms with Gasteiger partial charge in [-0.1, -0.05) is 23.7 Å². The van der Waals surface area contributed by atoms with Gasteiger partial charge in [-0.15, -0.1) is 0 Å². The number of benzene rings is 2. The van der Waals surface area contributed by atoms with E-state index in [0.717, 1.165) is 23.5 Å². The van der Waals surface area contributed by atoms with E-state index in [1.807, 2.05) is 36.4 Å². The Morgan fingerprint density at radius 3 is 2.57 bits per heavy atom. The lowest BCUT2D eigenvalue weighted by Crippen LogP contribution is -2.16. The molecule has 112 valence electrons. The first-order valence-electron chi connectivity index (χ1n) is 6.84. The van der Waals surface area contributed by atoms with Crippen molar-refractivity contribution in [1.82, 2.24) is 0 Å². The molecule has 0 bridgehead atoms. The van der Waals surface area contributed by atoms with Crippen molar-refractivity contribution in [2.24, 2.45) is 5.73 Å². The van der Waals surface area contributed by atoms with Gasteiger partial charge >= 0.3 is 0 Å². The van der Waals surface area contributed by atoms with E-state index in [9.17, 15) is 0 Å². The van der Waals surface area contributed by atoms with E-state index in [0.29, 0.717) is 11.6 Å². The van der Waals surface area contributed by atoms with Crippen LogP contribution in [0, 0.1) is 0 Å². The molecule has 1 unspecified atom stereocenters. The summed E-state index contributed by atoms with van der Waals surface area (Å²) in [4.78, 5) is 0. The molecule has 1 atom stereocenters. The zero-order valence-electron chi connectivity index (χ0n) is 12.3. The van der Waals surface area contributed by atoms with Gasteiger partial charge in [-0.3, -0.25) is 0 Å². The predicted molar refractivity (Wildman–Crippen MR) is 86.5 cm³/mol. The van der Waals surface area contributed by atoms with Crippen molar-refractivity contribution in [3.63, 3.8) is 0 Å². The lowest BCUT2D eigenvalue weighted by molar-refractivity contribution is 0.405. The molecule has 0 amide bonds.